The number of rotatable bonds is 5. The zero-order valence-electron chi connectivity index (χ0n) is 13.1. The highest BCUT2D eigenvalue weighted by molar-refractivity contribution is 5.82. The summed E-state index contributed by atoms with van der Waals surface area (Å²) in [7, 11) is 1.69. The molecule has 1 rings (SSSR count). The third-order valence-corrected chi connectivity index (χ3v) is 3.06. The monoisotopic (exact) mass is 294 g/mol. The molecule has 0 saturated heterocycles. The highest BCUT2D eigenvalue weighted by atomic mass is 19.1. The molecule has 0 aliphatic rings. The number of halogens is 1. The molecular formula is C16H23FN2O2. The molecule has 2 amide bonds. The Hall–Kier alpha value is -1.91. The summed E-state index contributed by atoms with van der Waals surface area (Å²) in [5, 5.41) is 2.74. The average Bonchev–Trinajstić information content (AvgIpc) is 2.40. The highest BCUT2D eigenvalue weighted by Gasteiger charge is 2.20. The fourth-order valence-corrected chi connectivity index (χ4v) is 1.69. The van der Waals surface area contributed by atoms with Gasteiger partial charge >= 0.3 is 0 Å². The van der Waals surface area contributed by atoms with Gasteiger partial charge in [-0.1, -0.05) is 32.9 Å². The zero-order chi connectivity index (χ0) is 16.0. The fraction of sp³-hybridized carbons (Fsp3) is 0.500. The number of nitrogens with zero attached hydrogens (tertiary/aromatic N) is 1. The van der Waals surface area contributed by atoms with Gasteiger partial charge in [-0.25, -0.2) is 4.39 Å². The largest absolute Gasteiger partial charge is 0.355 e. The summed E-state index contributed by atoms with van der Waals surface area (Å²) in [6.07, 6.45) is 0.250. The summed E-state index contributed by atoms with van der Waals surface area (Å²) in [6, 6.07) is 6.05. The molecule has 0 unspecified atom stereocenters. The zero-order valence-corrected chi connectivity index (χ0v) is 13.1. The van der Waals surface area contributed by atoms with Crippen molar-refractivity contribution in [2.24, 2.45) is 5.41 Å². The van der Waals surface area contributed by atoms with Crippen molar-refractivity contribution in [3.63, 3.8) is 0 Å². The first-order chi connectivity index (χ1) is 9.70. The van der Waals surface area contributed by atoms with Crippen LogP contribution in [-0.2, 0) is 16.1 Å². The van der Waals surface area contributed by atoms with E-state index in [-0.39, 0.29) is 24.1 Å². The topological polar surface area (TPSA) is 49.4 Å². The van der Waals surface area contributed by atoms with E-state index in [0.29, 0.717) is 13.1 Å². The van der Waals surface area contributed by atoms with E-state index < -0.39 is 5.41 Å². The van der Waals surface area contributed by atoms with Gasteiger partial charge in [-0.05, 0) is 17.7 Å². The highest BCUT2D eigenvalue weighted by Crippen LogP contribution is 2.12. The second-order valence-electron chi connectivity index (χ2n) is 6.13. The van der Waals surface area contributed by atoms with Crippen LogP contribution in [0.2, 0.25) is 0 Å². The van der Waals surface area contributed by atoms with Crippen molar-refractivity contribution >= 4 is 11.8 Å². The average molecular weight is 294 g/mol. The van der Waals surface area contributed by atoms with Crippen molar-refractivity contribution in [2.45, 2.75) is 33.7 Å². The maximum Gasteiger partial charge on any atom is 0.225 e. The maximum absolute atomic E-state index is 12.8. The third-order valence-electron chi connectivity index (χ3n) is 3.06. The smallest absolute Gasteiger partial charge is 0.225 e. The van der Waals surface area contributed by atoms with Gasteiger partial charge in [0.1, 0.15) is 5.82 Å². The van der Waals surface area contributed by atoms with Crippen molar-refractivity contribution in [3.8, 4) is 0 Å². The molecule has 1 aromatic carbocycles. The quantitative estimate of drug-likeness (QED) is 0.906. The number of hydrogen-bond acceptors (Lipinski definition) is 2. The minimum atomic E-state index is -0.455. The summed E-state index contributed by atoms with van der Waals surface area (Å²) < 4.78 is 12.8. The van der Waals surface area contributed by atoms with E-state index in [2.05, 4.69) is 5.32 Å². The summed E-state index contributed by atoms with van der Waals surface area (Å²) in [5.41, 5.74) is 0.411. The van der Waals surface area contributed by atoms with Crippen molar-refractivity contribution in [1.82, 2.24) is 10.2 Å². The lowest BCUT2D eigenvalue weighted by atomic mass is 9.96. The van der Waals surface area contributed by atoms with E-state index in [0.717, 1.165) is 5.56 Å². The second-order valence-corrected chi connectivity index (χ2v) is 6.13. The molecule has 4 nitrogen and oxygen atoms in total. The van der Waals surface area contributed by atoms with Crippen LogP contribution in [0, 0.1) is 11.2 Å². The normalized spacial score (nSPS) is 11.1. The van der Waals surface area contributed by atoms with Crippen LogP contribution in [0.4, 0.5) is 4.39 Å². The Morgan fingerprint density at radius 3 is 2.29 bits per heavy atom. The molecule has 0 spiro atoms. The predicted molar refractivity (Wildman–Crippen MR) is 80.0 cm³/mol. The van der Waals surface area contributed by atoms with Crippen LogP contribution in [0.15, 0.2) is 24.3 Å². The van der Waals surface area contributed by atoms with Crippen LogP contribution in [0.1, 0.15) is 32.8 Å². The molecule has 0 aliphatic heterocycles. The number of hydrogen-bond donors (Lipinski definition) is 1. The molecular weight excluding hydrogens is 271 g/mol. The van der Waals surface area contributed by atoms with Crippen molar-refractivity contribution in [2.75, 3.05) is 13.6 Å². The molecule has 0 fully saturated rings. The molecule has 0 saturated carbocycles. The summed E-state index contributed by atoms with van der Waals surface area (Å²) in [4.78, 5) is 25.2. The Balaban J connectivity index is 2.38. The van der Waals surface area contributed by atoms with Crippen LogP contribution in [0.25, 0.3) is 0 Å². The summed E-state index contributed by atoms with van der Waals surface area (Å²) >= 11 is 0. The minimum Gasteiger partial charge on any atom is -0.355 e. The van der Waals surface area contributed by atoms with Gasteiger partial charge in [0.2, 0.25) is 11.8 Å². The molecule has 0 aliphatic carbocycles. The molecule has 0 aromatic heterocycles. The first-order valence-corrected chi connectivity index (χ1v) is 6.97. The number of carbonyl (C=O) groups excluding carboxylic acids is 2. The predicted octanol–water partition coefficient (Wildman–Crippen LogP) is 2.34. The first-order valence-electron chi connectivity index (χ1n) is 6.97. The van der Waals surface area contributed by atoms with Gasteiger partial charge in [-0.3, -0.25) is 9.59 Å². The third kappa shape index (κ3) is 5.94. The summed E-state index contributed by atoms with van der Waals surface area (Å²) in [6.45, 7) is 6.22. The first kappa shape index (κ1) is 17.1. The maximum atomic E-state index is 12.8. The number of amides is 2. The van der Waals surface area contributed by atoms with Gasteiger partial charge in [0, 0.05) is 32.0 Å². The number of benzene rings is 1. The van der Waals surface area contributed by atoms with Crippen LogP contribution < -0.4 is 5.32 Å². The Morgan fingerprint density at radius 2 is 1.76 bits per heavy atom. The molecule has 0 heterocycles. The molecule has 21 heavy (non-hydrogen) atoms. The second kappa shape index (κ2) is 7.20. The lowest BCUT2D eigenvalue weighted by Crippen LogP contribution is -2.37. The molecule has 1 N–H and O–H groups in total. The van der Waals surface area contributed by atoms with Crippen molar-refractivity contribution < 1.29 is 14.0 Å². The van der Waals surface area contributed by atoms with Gasteiger partial charge in [0.15, 0.2) is 0 Å². The Morgan fingerprint density at radius 1 is 1.19 bits per heavy atom. The Bertz CT molecular complexity index is 492. The minimum absolute atomic E-state index is 0.0615. The summed E-state index contributed by atoms with van der Waals surface area (Å²) in [5.74, 6) is -0.428. The van der Waals surface area contributed by atoms with Crippen molar-refractivity contribution in [1.29, 1.82) is 0 Å². The van der Waals surface area contributed by atoms with Crippen molar-refractivity contribution in [3.05, 3.63) is 35.6 Å². The molecule has 0 radical (unpaired) electrons. The number of carbonyl (C=O) groups is 2. The lowest BCUT2D eigenvalue weighted by molar-refractivity contribution is -0.131. The van der Waals surface area contributed by atoms with Crippen LogP contribution in [-0.4, -0.2) is 30.3 Å². The van der Waals surface area contributed by atoms with Crippen LogP contribution in [0.5, 0.6) is 0 Å². The lowest BCUT2D eigenvalue weighted by Gasteiger charge is -2.20. The van der Waals surface area contributed by atoms with E-state index in [1.165, 1.54) is 12.1 Å². The van der Waals surface area contributed by atoms with Gasteiger partial charge < -0.3 is 10.2 Å². The van der Waals surface area contributed by atoms with E-state index >= 15 is 0 Å². The SMILES string of the molecule is CN(Cc1ccc(F)cc1)C(=O)CCNC(=O)C(C)(C)C. The van der Waals surface area contributed by atoms with E-state index in [1.807, 2.05) is 20.8 Å². The molecule has 0 bridgehead atoms. The molecule has 116 valence electrons. The van der Waals surface area contributed by atoms with Gasteiger partial charge in [0.25, 0.3) is 0 Å². The van der Waals surface area contributed by atoms with Crippen LogP contribution >= 0.6 is 0 Å². The Kier molecular flexibility index (Phi) is 5.88. The van der Waals surface area contributed by atoms with Gasteiger partial charge in [-0.2, -0.15) is 0 Å². The molecule has 5 heteroatoms. The van der Waals surface area contributed by atoms with E-state index in [9.17, 15) is 14.0 Å². The number of nitrogens with one attached hydrogen (secondary N) is 1. The molecule has 0 atom stereocenters. The van der Waals surface area contributed by atoms with E-state index in [4.69, 9.17) is 0 Å². The van der Waals surface area contributed by atoms with Gasteiger partial charge in [0.05, 0.1) is 0 Å². The van der Waals surface area contributed by atoms with E-state index in [1.54, 1.807) is 24.1 Å². The van der Waals surface area contributed by atoms with Crippen LogP contribution in [0.3, 0.4) is 0 Å². The Labute approximate surface area is 125 Å². The fourth-order valence-electron chi connectivity index (χ4n) is 1.69. The van der Waals surface area contributed by atoms with Gasteiger partial charge in [-0.15, -0.1) is 0 Å². The standard InChI is InChI=1S/C16H23FN2O2/c1-16(2,3)15(21)18-10-9-14(20)19(4)11-12-5-7-13(17)8-6-12/h5-8H,9-11H2,1-4H3,(H,18,21). The molecule has 1 aromatic rings.